The summed E-state index contributed by atoms with van der Waals surface area (Å²) in [6, 6.07) is 9.68. The third kappa shape index (κ3) is 3.31. The maximum Gasteiger partial charge on any atom is 0.276 e. The van der Waals surface area contributed by atoms with Gasteiger partial charge in [0.1, 0.15) is 0 Å². The molecule has 130 valence electrons. The van der Waals surface area contributed by atoms with Gasteiger partial charge >= 0.3 is 0 Å². The lowest BCUT2D eigenvalue weighted by Gasteiger charge is -2.21. The maximum atomic E-state index is 13.0. The Kier molecular flexibility index (Phi) is 5.18. The normalized spacial score (nSPS) is 19.4. The zero-order valence-electron chi connectivity index (χ0n) is 14.3. The first-order chi connectivity index (χ1) is 11.6. The largest absolute Gasteiger partial charge is 0.396 e. The first kappa shape index (κ1) is 17.0. The molecular formula is C18H25N3O3. The molecule has 0 bridgehead atoms. The molecule has 1 aliphatic heterocycles. The fraction of sp³-hybridized carbons (Fsp3) is 0.500. The third-order valence-corrected chi connectivity index (χ3v) is 4.74. The van der Waals surface area contributed by atoms with E-state index in [1.54, 1.807) is 4.68 Å². The summed E-state index contributed by atoms with van der Waals surface area (Å²) < 4.78 is 9.15. The number of nitrogens with zero attached hydrogens (tertiary/aromatic N) is 3. The van der Waals surface area contributed by atoms with Gasteiger partial charge in [-0.3, -0.25) is 14.4 Å². The molecule has 6 heteroatoms. The van der Waals surface area contributed by atoms with Crippen molar-refractivity contribution in [2.75, 3.05) is 32.9 Å². The quantitative estimate of drug-likeness (QED) is 0.905. The van der Waals surface area contributed by atoms with Crippen LogP contribution in [0.15, 0.2) is 35.1 Å². The van der Waals surface area contributed by atoms with Gasteiger partial charge in [0.25, 0.3) is 5.56 Å². The molecule has 1 fully saturated rings. The number of hydrogen-bond donors (Lipinski definition) is 1. The van der Waals surface area contributed by atoms with Gasteiger partial charge in [0.2, 0.25) is 0 Å². The van der Waals surface area contributed by atoms with E-state index in [4.69, 9.17) is 4.74 Å². The summed E-state index contributed by atoms with van der Waals surface area (Å²) in [6.45, 7) is 5.40. The van der Waals surface area contributed by atoms with E-state index < -0.39 is 0 Å². The van der Waals surface area contributed by atoms with Crippen molar-refractivity contribution in [3.63, 3.8) is 0 Å². The van der Waals surface area contributed by atoms with Gasteiger partial charge in [-0.25, -0.2) is 4.68 Å². The highest BCUT2D eigenvalue weighted by molar-refractivity contribution is 5.33. The van der Waals surface area contributed by atoms with E-state index in [0.717, 1.165) is 30.0 Å². The Morgan fingerprint density at radius 3 is 2.75 bits per heavy atom. The summed E-state index contributed by atoms with van der Waals surface area (Å²) in [6.07, 6.45) is 0. The fourth-order valence-corrected chi connectivity index (χ4v) is 3.24. The highest BCUT2D eigenvalue weighted by atomic mass is 16.5. The number of para-hydroxylation sites is 1. The molecule has 0 aliphatic carbocycles. The molecule has 2 heterocycles. The predicted molar refractivity (Wildman–Crippen MR) is 92.4 cm³/mol. The van der Waals surface area contributed by atoms with Crippen molar-refractivity contribution < 1.29 is 9.84 Å². The molecule has 1 N–H and O–H groups in total. The van der Waals surface area contributed by atoms with Crippen LogP contribution in [0.2, 0.25) is 0 Å². The monoisotopic (exact) mass is 331 g/mol. The molecule has 2 aromatic rings. The Balaban J connectivity index is 1.90. The van der Waals surface area contributed by atoms with Gasteiger partial charge in [-0.1, -0.05) is 18.2 Å². The lowest BCUT2D eigenvalue weighted by Crippen LogP contribution is -2.33. The number of hydrogen-bond acceptors (Lipinski definition) is 4. The van der Waals surface area contributed by atoms with E-state index in [2.05, 4.69) is 4.90 Å². The first-order valence-electron chi connectivity index (χ1n) is 8.35. The number of ether oxygens (including phenoxy) is 1. The summed E-state index contributed by atoms with van der Waals surface area (Å²) >= 11 is 0. The Morgan fingerprint density at radius 1 is 1.29 bits per heavy atom. The molecule has 0 amide bonds. The Morgan fingerprint density at radius 2 is 2.04 bits per heavy atom. The van der Waals surface area contributed by atoms with Gasteiger partial charge in [0.15, 0.2) is 0 Å². The summed E-state index contributed by atoms with van der Waals surface area (Å²) in [5.41, 5.74) is 2.66. The summed E-state index contributed by atoms with van der Waals surface area (Å²) in [7, 11) is 1.91. The number of rotatable bonds is 4. The molecule has 1 atom stereocenters. The van der Waals surface area contributed by atoms with E-state index in [9.17, 15) is 9.90 Å². The lowest BCUT2D eigenvalue weighted by atomic mass is 10.1. The van der Waals surface area contributed by atoms with Crippen LogP contribution in [0.5, 0.6) is 0 Å². The average Bonchev–Trinajstić information content (AvgIpc) is 2.78. The van der Waals surface area contributed by atoms with E-state index in [-0.39, 0.29) is 18.1 Å². The lowest BCUT2D eigenvalue weighted by molar-refractivity contribution is 0.0958. The minimum Gasteiger partial charge on any atom is -0.396 e. The minimum atomic E-state index is 0.0203. The van der Waals surface area contributed by atoms with E-state index in [1.165, 1.54) is 0 Å². The van der Waals surface area contributed by atoms with Gasteiger partial charge in [-0.15, -0.1) is 0 Å². The maximum absolute atomic E-state index is 13.0. The molecule has 0 unspecified atom stereocenters. The highest BCUT2D eigenvalue weighted by Crippen LogP contribution is 2.14. The van der Waals surface area contributed by atoms with Gasteiger partial charge in [-0.05, 0) is 19.1 Å². The van der Waals surface area contributed by atoms with Gasteiger partial charge in [0, 0.05) is 44.9 Å². The predicted octanol–water partition coefficient (Wildman–Crippen LogP) is 0.925. The van der Waals surface area contributed by atoms with Crippen LogP contribution in [0.3, 0.4) is 0 Å². The number of benzene rings is 1. The van der Waals surface area contributed by atoms with Crippen molar-refractivity contribution in [3.05, 3.63) is 51.9 Å². The van der Waals surface area contributed by atoms with Gasteiger partial charge in [0.05, 0.1) is 24.5 Å². The van der Waals surface area contributed by atoms with Crippen molar-refractivity contribution in [2.24, 2.45) is 13.0 Å². The van der Waals surface area contributed by atoms with Crippen LogP contribution < -0.4 is 5.56 Å². The minimum absolute atomic E-state index is 0.0203. The smallest absolute Gasteiger partial charge is 0.276 e. The fourth-order valence-electron chi connectivity index (χ4n) is 3.24. The highest BCUT2D eigenvalue weighted by Gasteiger charge is 2.22. The van der Waals surface area contributed by atoms with Crippen LogP contribution in [0.1, 0.15) is 11.3 Å². The Hall–Kier alpha value is -1.89. The van der Waals surface area contributed by atoms with E-state index in [1.807, 2.05) is 49.0 Å². The van der Waals surface area contributed by atoms with Gasteiger partial charge in [-0.2, -0.15) is 0 Å². The SMILES string of the molecule is Cc1c(CN2CCOC[C@@H](CO)C2)c(=O)n(-c2ccccc2)n1C. The van der Waals surface area contributed by atoms with Gasteiger partial charge < -0.3 is 9.84 Å². The second kappa shape index (κ2) is 7.34. The van der Waals surface area contributed by atoms with Crippen molar-refractivity contribution >= 4 is 0 Å². The van der Waals surface area contributed by atoms with Crippen LogP contribution in [0.4, 0.5) is 0 Å². The zero-order chi connectivity index (χ0) is 17.1. The third-order valence-electron chi connectivity index (χ3n) is 4.74. The molecule has 6 nitrogen and oxygen atoms in total. The first-order valence-corrected chi connectivity index (χ1v) is 8.35. The van der Waals surface area contributed by atoms with Crippen molar-refractivity contribution in [1.82, 2.24) is 14.3 Å². The molecule has 0 spiro atoms. The van der Waals surface area contributed by atoms with Crippen LogP contribution in [0.25, 0.3) is 5.69 Å². The average molecular weight is 331 g/mol. The van der Waals surface area contributed by atoms with Crippen molar-refractivity contribution in [3.8, 4) is 5.69 Å². The van der Waals surface area contributed by atoms with E-state index in [0.29, 0.717) is 19.8 Å². The molecule has 1 saturated heterocycles. The second-order valence-electron chi connectivity index (χ2n) is 6.40. The second-order valence-corrected chi connectivity index (χ2v) is 6.40. The molecule has 0 radical (unpaired) electrons. The van der Waals surface area contributed by atoms with E-state index >= 15 is 0 Å². The van der Waals surface area contributed by atoms with Crippen LogP contribution >= 0.6 is 0 Å². The summed E-state index contributed by atoms with van der Waals surface area (Å²) in [5.74, 6) is 0.105. The number of aromatic nitrogens is 2. The summed E-state index contributed by atoms with van der Waals surface area (Å²) in [5, 5.41) is 9.43. The molecular weight excluding hydrogens is 306 g/mol. The zero-order valence-corrected chi connectivity index (χ0v) is 14.3. The van der Waals surface area contributed by atoms with Crippen LogP contribution in [-0.4, -0.2) is 52.3 Å². The molecule has 0 saturated carbocycles. The number of aliphatic hydroxyl groups is 1. The molecule has 1 aromatic carbocycles. The molecule has 3 rings (SSSR count). The molecule has 1 aliphatic rings. The summed E-state index contributed by atoms with van der Waals surface area (Å²) in [4.78, 5) is 15.2. The van der Waals surface area contributed by atoms with Crippen LogP contribution in [0, 0.1) is 12.8 Å². The van der Waals surface area contributed by atoms with Crippen molar-refractivity contribution in [1.29, 1.82) is 0 Å². The number of aliphatic hydroxyl groups excluding tert-OH is 1. The molecule has 1 aromatic heterocycles. The Bertz CT molecular complexity index is 736. The molecule has 24 heavy (non-hydrogen) atoms. The van der Waals surface area contributed by atoms with Crippen molar-refractivity contribution in [2.45, 2.75) is 13.5 Å². The topological polar surface area (TPSA) is 59.6 Å². The Labute approximate surface area is 141 Å². The standard InChI is InChI=1S/C18H25N3O3/c1-14-17(11-20-8-9-24-13-15(10-20)12-22)18(23)21(19(14)2)16-6-4-3-5-7-16/h3-7,15,22H,8-13H2,1-2H3/t15-/m1/s1. The van der Waals surface area contributed by atoms with Crippen LogP contribution in [-0.2, 0) is 18.3 Å².